The number of nitrogens with one attached hydrogen (secondary N) is 1. The second-order valence-corrected chi connectivity index (χ2v) is 4.87. The summed E-state index contributed by atoms with van der Waals surface area (Å²) < 4.78 is 14.0. The van der Waals surface area contributed by atoms with E-state index in [0.29, 0.717) is 12.0 Å². The molecule has 0 saturated carbocycles. The molecule has 0 aromatic heterocycles. The monoisotopic (exact) mass is 258 g/mol. The molecular formula is C16H19FN2. The molecule has 100 valence electrons. The maximum atomic E-state index is 14.0. The van der Waals surface area contributed by atoms with Crippen LogP contribution < -0.4 is 11.3 Å². The quantitative estimate of drug-likeness (QED) is 0.653. The third-order valence-electron chi connectivity index (χ3n) is 3.42. The smallest absolute Gasteiger partial charge is 0.128 e. The van der Waals surface area contributed by atoms with Crippen molar-refractivity contribution in [2.75, 3.05) is 0 Å². The number of aryl methyl sites for hydroxylation is 2. The fraction of sp³-hybridized carbons (Fsp3) is 0.250. The molecule has 3 N–H and O–H groups in total. The Morgan fingerprint density at radius 3 is 2.53 bits per heavy atom. The van der Waals surface area contributed by atoms with Crippen LogP contribution in [0.5, 0.6) is 0 Å². The van der Waals surface area contributed by atoms with Gasteiger partial charge < -0.3 is 0 Å². The normalized spacial score (nSPS) is 12.4. The zero-order valence-corrected chi connectivity index (χ0v) is 11.3. The molecule has 0 heterocycles. The van der Waals surface area contributed by atoms with Crippen LogP contribution in [0.15, 0.2) is 42.5 Å². The first-order valence-electron chi connectivity index (χ1n) is 6.38. The highest BCUT2D eigenvalue weighted by molar-refractivity contribution is 5.31. The largest absolute Gasteiger partial charge is 0.271 e. The molecule has 3 heteroatoms. The van der Waals surface area contributed by atoms with E-state index in [4.69, 9.17) is 5.84 Å². The van der Waals surface area contributed by atoms with E-state index < -0.39 is 0 Å². The highest BCUT2D eigenvalue weighted by Crippen LogP contribution is 2.23. The highest BCUT2D eigenvalue weighted by Gasteiger charge is 2.15. The van der Waals surface area contributed by atoms with Gasteiger partial charge in [0.15, 0.2) is 0 Å². The number of hydrogen-bond acceptors (Lipinski definition) is 2. The maximum absolute atomic E-state index is 14.0. The molecule has 0 amide bonds. The molecule has 1 unspecified atom stereocenters. The van der Waals surface area contributed by atoms with Crippen LogP contribution in [0.4, 0.5) is 4.39 Å². The Kier molecular flexibility index (Phi) is 4.30. The molecule has 0 bridgehead atoms. The summed E-state index contributed by atoms with van der Waals surface area (Å²) in [7, 11) is 0. The molecule has 1 atom stereocenters. The Bertz CT molecular complexity index is 566. The fourth-order valence-corrected chi connectivity index (χ4v) is 2.23. The Morgan fingerprint density at radius 2 is 1.89 bits per heavy atom. The molecule has 2 aromatic carbocycles. The van der Waals surface area contributed by atoms with Crippen molar-refractivity contribution in [3.8, 4) is 0 Å². The third-order valence-corrected chi connectivity index (χ3v) is 3.42. The lowest BCUT2D eigenvalue weighted by Crippen LogP contribution is -2.30. The van der Waals surface area contributed by atoms with Gasteiger partial charge in [-0.2, -0.15) is 0 Å². The van der Waals surface area contributed by atoms with Crippen molar-refractivity contribution in [1.29, 1.82) is 0 Å². The molecule has 0 saturated heterocycles. The molecule has 19 heavy (non-hydrogen) atoms. The van der Waals surface area contributed by atoms with E-state index in [9.17, 15) is 4.39 Å². The van der Waals surface area contributed by atoms with Gasteiger partial charge in [0.05, 0.1) is 6.04 Å². The van der Waals surface area contributed by atoms with Crippen molar-refractivity contribution in [3.63, 3.8) is 0 Å². The van der Waals surface area contributed by atoms with Crippen LogP contribution in [0, 0.1) is 19.7 Å². The van der Waals surface area contributed by atoms with Gasteiger partial charge in [-0.3, -0.25) is 11.3 Å². The first-order valence-corrected chi connectivity index (χ1v) is 6.38. The standard InChI is InChI=1S/C16H19FN2/c1-11-7-8-14(15(17)9-11)16(19-18)10-13-6-4-3-5-12(13)2/h3-9,16,19H,10,18H2,1-2H3. The summed E-state index contributed by atoms with van der Waals surface area (Å²) in [5, 5.41) is 0. The van der Waals surface area contributed by atoms with Crippen LogP contribution in [0.1, 0.15) is 28.3 Å². The SMILES string of the molecule is Cc1ccc(C(Cc2ccccc2C)NN)c(F)c1. The Hall–Kier alpha value is -1.71. The van der Waals surface area contributed by atoms with E-state index in [1.54, 1.807) is 6.07 Å². The zero-order chi connectivity index (χ0) is 13.8. The van der Waals surface area contributed by atoms with Crippen LogP contribution in [-0.4, -0.2) is 0 Å². The minimum atomic E-state index is -0.221. The van der Waals surface area contributed by atoms with Gasteiger partial charge in [0, 0.05) is 5.56 Å². The van der Waals surface area contributed by atoms with Gasteiger partial charge in [-0.05, 0) is 43.0 Å². The van der Waals surface area contributed by atoms with E-state index in [1.807, 2.05) is 31.2 Å². The van der Waals surface area contributed by atoms with Crippen LogP contribution in [0.25, 0.3) is 0 Å². The van der Waals surface area contributed by atoms with Crippen molar-refractivity contribution in [2.24, 2.45) is 5.84 Å². The Labute approximate surface area is 113 Å². The first kappa shape index (κ1) is 13.7. The molecule has 0 aliphatic carbocycles. The molecule has 0 radical (unpaired) electrons. The van der Waals surface area contributed by atoms with Gasteiger partial charge >= 0.3 is 0 Å². The van der Waals surface area contributed by atoms with Gasteiger partial charge in [0.2, 0.25) is 0 Å². The summed E-state index contributed by atoms with van der Waals surface area (Å²) >= 11 is 0. The number of benzene rings is 2. The van der Waals surface area contributed by atoms with Crippen molar-refractivity contribution >= 4 is 0 Å². The zero-order valence-electron chi connectivity index (χ0n) is 11.3. The summed E-state index contributed by atoms with van der Waals surface area (Å²) in [4.78, 5) is 0. The summed E-state index contributed by atoms with van der Waals surface area (Å²) in [6.07, 6.45) is 0.670. The average molecular weight is 258 g/mol. The molecule has 0 aliphatic heterocycles. The van der Waals surface area contributed by atoms with Crippen molar-refractivity contribution in [1.82, 2.24) is 5.43 Å². The van der Waals surface area contributed by atoms with Gasteiger partial charge in [-0.25, -0.2) is 4.39 Å². The van der Waals surface area contributed by atoms with E-state index in [-0.39, 0.29) is 11.9 Å². The van der Waals surface area contributed by atoms with E-state index in [0.717, 1.165) is 5.56 Å². The van der Waals surface area contributed by atoms with Crippen LogP contribution >= 0.6 is 0 Å². The number of hydrogen-bond donors (Lipinski definition) is 2. The number of rotatable bonds is 4. The van der Waals surface area contributed by atoms with Crippen molar-refractivity contribution in [3.05, 3.63) is 70.5 Å². The minimum absolute atomic E-state index is 0.212. The second-order valence-electron chi connectivity index (χ2n) is 4.87. The first-order chi connectivity index (χ1) is 9.11. The number of hydrazine groups is 1. The summed E-state index contributed by atoms with van der Waals surface area (Å²) in [5.74, 6) is 5.38. The van der Waals surface area contributed by atoms with Gasteiger partial charge in [-0.15, -0.1) is 0 Å². The Morgan fingerprint density at radius 1 is 1.16 bits per heavy atom. The Balaban J connectivity index is 2.28. The molecular weight excluding hydrogens is 239 g/mol. The minimum Gasteiger partial charge on any atom is -0.271 e. The third kappa shape index (κ3) is 3.19. The molecule has 0 spiro atoms. The summed E-state index contributed by atoms with van der Waals surface area (Å²) in [6, 6.07) is 13.1. The second kappa shape index (κ2) is 5.95. The number of nitrogens with two attached hydrogens (primary N) is 1. The summed E-state index contributed by atoms with van der Waals surface area (Å²) in [5.41, 5.74) is 6.59. The molecule has 2 nitrogen and oxygen atoms in total. The van der Waals surface area contributed by atoms with E-state index in [2.05, 4.69) is 18.4 Å². The van der Waals surface area contributed by atoms with E-state index in [1.165, 1.54) is 17.2 Å². The molecule has 0 fully saturated rings. The average Bonchev–Trinajstić information content (AvgIpc) is 2.39. The number of halogens is 1. The lowest BCUT2D eigenvalue weighted by molar-refractivity contribution is 0.509. The van der Waals surface area contributed by atoms with Crippen molar-refractivity contribution in [2.45, 2.75) is 26.3 Å². The predicted octanol–water partition coefficient (Wildman–Crippen LogP) is 3.19. The molecule has 2 aromatic rings. The predicted molar refractivity (Wildman–Crippen MR) is 76.1 cm³/mol. The molecule has 0 aliphatic rings. The van der Waals surface area contributed by atoms with Gasteiger partial charge in [0.25, 0.3) is 0 Å². The van der Waals surface area contributed by atoms with Gasteiger partial charge in [0.1, 0.15) is 5.82 Å². The topological polar surface area (TPSA) is 38.0 Å². The molecule has 2 rings (SSSR count). The van der Waals surface area contributed by atoms with Crippen molar-refractivity contribution < 1.29 is 4.39 Å². The lowest BCUT2D eigenvalue weighted by Gasteiger charge is -2.18. The maximum Gasteiger partial charge on any atom is 0.128 e. The summed E-state index contributed by atoms with van der Waals surface area (Å²) in [6.45, 7) is 3.92. The van der Waals surface area contributed by atoms with Gasteiger partial charge in [-0.1, -0.05) is 36.4 Å². The fourth-order valence-electron chi connectivity index (χ4n) is 2.23. The lowest BCUT2D eigenvalue weighted by atomic mass is 9.95. The van der Waals surface area contributed by atoms with E-state index >= 15 is 0 Å². The van der Waals surface area contributed by atoms with Crippen LogP contribution in [0.2, 0.25) is 0 Å². The highest BCUT2D eigenvalue weighted by atomic mass is 19.1. The van der Waals surface area contributed by atoms with Crippen LogP contribution in [-0.2, 0) is 6.42 Å². The van der Waals surface area contributed by atoms with Crippen LogP contribution in [0.3, 0.4) is 0 Å².